The number of nitrogens with one attached hydrogen (secondary N) is 2. The minimum Gasteiger partial charge on any atom is -0.445 e. The number of nitriles is 1. The zero-order valence-corrected chi connectivity index (χ0v) is 15.1. The Hall–Kier alpha value is -1.97. The van der Waals surface area contributed by atoms with Crippen LogP contribution in [-0.2, 0) is 16.1 Å². The summed E-state index contributed by atoms with van der Waals surface area (Å²) in [6.45, 7) is 0.132. The zero-order valence-electron chi connectivity index (χ0n) is 13.6. The predicted octanol–water partition coefficient (Wildman–Crippen LogP) is 3.42. The van der Waals surface area contributed by atoms with Crippen LogP contribution in [0, 0.1) is 17.2 Å². The second-order valence-electron chi connectivity index (χ2n) is 5.89. The molecule has 1 aromatic carbocycles. The third-order valence-corrected chi connectivity index (χ3v) is 4.85. The molecule has 0 unspecified atom stereocenters. The lowest BCUT2D eigenvalue weighted by molar-refractivity contribution is -0.125. The van der Waals surface area contributed by atoms with Crippen LogP contribution < -0.4 is 10.6 Å². The van der Waals surface area contributed by atoms with Gasteiger partial charge >= 0.3 is 6.09 Å². The highest BCUT2D eigenvalue weighted by Crippen LogP contribution is 2.25. The number of hydrogen-bond acceptors (Lipinski definition) is 4. The molecule has 0 aliphatic heterocycles. The maximum Gasteiger partial charge on any atom is 0.407 e. The van der Waals surface area contributed by atoms with Gasteiger partial charge in [0.15, 0.2) is 0 Å². The number of carbonyl (C=O) groups is 2. The highest BCUT2D eigenvalue weighted by Gasteiger charge is 2.27. The molecule has 1 fully saturated rings. The lowest BCUT2D eigenvalue weighted by Gasteiger charge is -2.27. The van der Waals surface area contributed by atoms with Gasteiger partial charge in [0.1, 0.15) is 13.2 Å². The van der Waals surface area contributed by atoms with E-state index in [1.54, 1.807) is 18.2 Å². The van der Waals surface area contributed by atoms with Crippen LogP contribution in [0.5, 0.6) is 0 Å². The minimum absolute atomic E-state index is 0.0127. The van der Waals surface area contributed by atoms with Crippen LogP contribution in [0.25, 0.3) is 0 Å². The summed E-state index contributed by atoms with van der Waals surface area (Å²) in [7, 11) is 0. The topological polar surface area (TPSA) is 91.2 Å². The van der Waals surface area contributed by atoms with E-state index < -0.39 is 6.09 Å². The van der Waals surface area contributed by atoms with Crippen molar-refractivity contribution in [3.05, 3.63) is 33.8 Å². The Kier molecular flexibility index (Phi) is 7.35. The molecule has 2 amide bonds. The summed E-state index contributed by atoms with van der Waals surface area (Å²) in [6, 6.07) is 6.92. The van der Waals surface area contributed by atoms with Gasteiger partial charge in [-0.05, 0) is 43.4 Å². The molecule has 0 saturated heterocycles. The molecule has 0 atom stereocenters. The molecule has 25 heavy (non-hydrogen) atoms. The number of nitrogens with zero attached hydrogens (tertiary/aromatic N) is 1. The normalized spacial score (nSPS) is 19.6. The minimum atomic E-state index is -0.497. The van der Waals surface area contributed by atoms with E-state index in [2.05, 4.69) is 10.6 Å². The van der Waals surface area contributed by atoms with Gasteiger partial charge in [-0.25, -0.2) is 4.79 Å². The van der Waals surface area contributed by atoms with Crippen molar-refractivity contribution in [1.29, 1.82) is 5.26 Å². The quantitative estimate of drug-likeness (QED) is 0.761. The van der Waals surface area contributed by atoms with Gasteiger partial charge in [-0.1, -0.05) is 29.3 Å². The molecule has 8 heteroatoms. The summed E-state index contributed by atoms with van der Waals surface area (Å²) in [5.41, 5.74) is 0.752. The fourth-order valence-corrected chi connectivity index (χ4v) is 3.08. The monoisotopic (exact) mass is 383 g/mol. The average molecular weight is 384 g/mol. The lowest BCUT2D eigenvalue weighted by Crippen LogP contribution is -2.41. The fourth-order valence-electron chi connectivity index (χ4n) is 2.76. The van der Waals surface area contributed by atoms with Crippen LogP contribution in [-0.4, -0.2) is 24.6 Å². The van der Waals surface area contributed by atoms with Gasteiger partial charge < -0.3 is 15.4 Å². The highest BCUT2D eigenvalue weighted by atomic mass is 35.5. The average Bonchev–Trinajstić information content (AvgIpc) is 2.61. The summed E-state index contributed by atoms with van der Waals surface area (Å²) in [6.07, 6.45) is 2.26. The van der Waals surface area contributed by atoms with Crippen LogP contribution in [0.3, 0.4) is 0 Å². The molecule has 0 heterocycles. The van der Waals surface area contributed by atoms with E-state index in [0.717, 1.165) is 5.56 Å². The van der Waals surface area contributed by atoms with E-state index in [0.29, 0.717) is 35.7 Å². The summed E-state index contributed by atoms with van der Waals surface area (Å²) in [4.78, 5) is 23.7. The number of amides is 2. The van der Waals surface area contributed by atoms with Gasteiger partial charge in [-0.2, -0.15) is 5.26 Å². The molecule has 0 aromatic heterocycles. The number of ether oxygens (including phenoxy) is 1. The largest absolute Gasteiger partial charge is 0.445 e. The fraction of sp³-hybridized carbons (Fsp3) is 0.471. The highest BCUT2D eigenvalue weighted by molar-refractivity contribution is 6.42. The van der Waals surface area contributed by atoms with Crippen LogP contribution in [0.15, 0.2) is 18.2 Å². The molecule has 134 valence electrons. The Balaban J connectivity index is 1.70. The molecule has 0 spiro atoms. The van der Waals surface area contributed by atoms with Crippen molar-refractivity contribution in [2.45, 2.75) is 38.3 Å². The molecule has 1 aliphatic rings. The van der Waals surface area contributed by atoms with Crippen LogP contribution in [0.4, 0.5) is 4.79 Å². The van der Waals surface area contributed by atoms with Crippen molar-refractivity contribution < 1.29 is 14.3 Å². The lowest BCUT2D eigenvalue weighted by atomic mass is 9.85. The third-order valence-electron chi connectivity index (χ3n) is 4.12. The number of carbonyl (C=O) groups excluding carboxylic acids is 2. The Labute approximate surface area is 156 Å². The number of rotatable bonds is 5. The van der Waals surface area contributed by atoms with Gasteiger partial charge in [0.05, 0.1) is 16.1 Å². The maximum atomic E-state index is 11.9. The molecule has 1 aromatic rings. The predicted molar refractivity (Wildman–Crippen MR) is 94.2 cm³/mol. The van der Waals surface area contributed by atoms with Crippen LogP contribution in [0.2, 0.25) is 10.0 Å². The van der Waals surface area contributed by atoms with Crippen LogP contribution in [0.1, 0.15) is 31.2 Å². The van der Waals surface area contributed by atoms with Crippen molar-refractivity contribution in [3.8, 4) is 6.07 Å². The molecule has 2 N–H and O–H groups in total. The maximum absolute atomic E-state index is 11.9. The molecular weight excluding hydrogens is 365 g/mol. The Morgan fingerprint density at radius 1 is 1.20 bits per heavy atom. The first-order valence-corrected chi connectivity index (χ1v) is 8.77. The number of alkyl carbamates (subject to hydrolysis) is 1. The molecule has 0 radical (unpaired) electrons. The van der Waals surface area contributed by atoms with E-state index in [9.17, 15) is 9.59 Å². The van der Waals surface area contributed by atoms with E-state index in [4.69, 9.17) is 33.2 Å². The van der Waals surface area contributed by atoms with Crippen molar-refractivity contribution in [2.24, 2.45) is 5.92 Å². The third kappa shape index (κ3) is 6.11. The van der Waals surface area contributed by atoms with Crippen molar-refractivity contribution in [3.63, 3.8) is 0 Å². The second-order valence-corrected chi connectivity index (χ2v) is 6.71. The molecule has 0 bridgehead atoms. The Bertz CT molecular complexity index is 668. The van der Waals surface area contributed by atoms with Gasteiger partial charge in [0, 0.05) is 12.0 Å². The summed E-state index contributed by atoms with van der Waals surface area (Å²) >= 11 is 11.8. The van der Waals surface area contributed by atoms with E-state index in [1.165, 1.54) is 0 Å². The first-order valence-electron chi connectivity index (χ1n) is 8.01. The molecular formula is C17H19Cl2N3O3. The van der Waals surface area contributed by atoms with E-state index in [-0.39, 0.29) is 31.0 Å². The van der Waals surface area contributed by atoms with Crippen molar-refractivity contribution in [2.75, 3.05) is 6.54 Å². The smallest absolute Gasteiger partial charge is 0.407 e. The Morgan fingerprint density at radius 3 is 2.56 bits per heavy atom. The van der Waals surface area contributed by atoms with E-state index in [1.807, 2.05) is 6.07 Å². The SMILES string of the molecule is N#CCNC(=O)C1CCC(NC(=O)OCc2ccc(Cl)c(Cl)c2)CC1. The molecule has 2 rings (SSSR count). The van der Waals surface area contributed by atoms with Crippen LogP contribution >= 0.6 is 23.2 Å². The summed E-state index contributed by atoms with van der Waals surface area (Å²) in [5.74, 6) is -0.194. The Morgan fingerprint density at radius 2 is 1.92 bits per heavy atom. The van der Waals surface area contributed by atoms with Gasteiger partial charge in [0.2, 0.25) is 5.91 Å². The standard InChI is InChI=1S/C17H19Cl2N3O3/c18-14-6-1-11(9-15(14)19)10-25-17(24)22-13-4-2-12(3-5-13)16(23)21-8-7-20/h1,6,9,12-13H,2-5,8,10H2,(H,21,23)(H,22,24). The molecule has 1 aliphatic carbocycles. The van der Waals surface area contributed by atoms with Gasteiger partial charge in [-0.15, -0.1) is 0 Å². The summed E-state index contributed by atoms with van der Waals surface area (Å²) < 4.78 is 5.19. The van der Waals surface area contributed by atoms with E-state index >= 15 is 0 Å². The number of benzene rings is 1. The van der Waals surface area contributed by atoms with Crippen molar-refractivity contribution >= 4 is 35.2 Å². The molecule has 6 nitrogen and oxygen atoms in total. The van der Waals surface area contributed by atoms with Crippen molar-refractivity contribution in [1.82, 2.24) is 10.6 Å². The van der Waals surface area contributed by atoms with Gasteiger partial charge in [0.25, 0.3) is 0 Å². The molecule has 1 saturated carbocycles. The first-order chi connectivity index (χ1) is 12.0. The zero-order chi connectivity index (χ0) is 18.2. The second kappa shape index (κ2) is 9.50. The first kappa shape index (κ1) is 19.4. The number of halogens is 2. The van der Waals surface area contributed by atoms with Gasteiger partial charge in [-0.3, -0.25) is 4.79 Å². The number of hydrogen-bond donors (Lipinski definition) is 2. The summed E-state index contributed by atoms with van der Waals surface area (Å²) in [5, 5.41) is 14.7.